The molecular weight excluding hydrogens is 414 g/mol. The van der Waals surface area contributed by atoms with Crippen LogP contribution in [0.4, 0.5) is 5.69 Å². The fraction of sp³-hybridized carbons (Fsp3) is 0.579. The molecule has 2 unspecified atom stereocenters. The van der Waals surface area contributed by atoms with Crippen molar-refractivity contribution >= 4 is 17.5 Å². The Bertz CT molecular complexity index is 699. The van der Waals surface area contributed by atoms with E-state index in [1.165, 1.54) is 36.2 Å². The Morgan fingerprint density at radius 1 is 1.16 bits per heavy atom. The summed E-state index contributed by atoms with van der Waals surface area (Å²) in [6, 6.07) is 4.67. The van der Waals surface area contributed by atoms with Crippen LogP contribution in [-0.4, -0.2) is 80.5 Å². The normalized spacial score (nSPS) is 12.8. The number of ether oxygens (including phenoxy) is 4. The van der Waals surface area contributed by atoms with Gasteiger partial charge in [0.05, 0.1) is 30.8 Å². The highest BCUT2D eigenvalue weighted by atomic mass is 16.7. The van der Waals surface area contributed by atoms with Gasteiger partial charge in [-0.25, -0.2) is 5.48 Å². The zero-order chi connectivity index (χ0) is 23.2. The Balaban J connectivity index is 2.71. The highest BCUT2D eigenvalue weighted by Gasteiger charge is 2.26. The smallest absolute Gasteiger partial charge is 0.269 e. The van der Waals surface area contributed by atoms with E-state index in [0.29, 0.717) is 13.2 Å². The molecule has 0 aliphatic rings. The first-order valence-electron chi connectivity index (χ1n) is 9.49. The van der Waals surface area contributed by atoms with Gasteiger partial charge in [0.25, 0.3) is 11.6 Å². The number of amides is 2. The van der Waals surface area contributed by atoms with Gasteiger partial charge in [-0.1, -0.05) is 6.92 Å². The van der Waals surface area contributed by atoms with Crippen LogP contribution < -0.4 is 5.48 Å². The van der Waals surface area contributed by atoms with Crippen LogP contribution in [0, 0.1) is 16.0 Å². The van der Waals surface area contributed by atoms with Crippen LogP contribution in [0.5, 0.6) is 0 Å². The number of methoxy groups -OCH3 is 1. The number of nitrogens with one attached hydrogen (secondary N) is 1. The highest BCUT2D eigenvalue weighted by Crippen LogP contribution is 2.17. The van der Waals surface area contributed by atoms with Gasteiger partial charge in [0.15, 0.2) is 0 Å². The van der Waals surface area contributed by atoms with E-state index in [1.807, 2.05) is 0 Å². The molecule has 0 aromatic heterocycles. The van der Waals surface area contributed by atoms with Crippen molar-refractivity contribution in [2.45, 2.75) is 19.4 Å². The summed E-state index contributed by atoms with van der Waals surface area (Å²) in [4.78, 5) is 36.1. The number of benzene rings is 1. The zero-order valence-corrected chi connectivity index (χ0v) is 17.8. The van der Waals surface area contributed by atoms with Crippen LogP contribution in [0.2, 0.25) is 0 Å². The Morgan fingerprint density at radius 3 is 2.39 bits per heavy atom. The first-order chi connectivity index (χ1) is 14.8. The predicted octanol–water partition coefficient (Wildman–Crippen LogP) is 1.18. The standard InChI is InChI=1S/C19H29N3O9/c1-14(18(23)20-25)10-17(11-30-13-31-12-29-9-8-28-3)21(2)19(24)15-4-6-16(7-5-15)22(26)27/h4-7,14,17,25H,8-13H2,1-3H3,(H,20,23). The monoisotopic (exact) mass is 443 g/mol. The van der Waals surface area contributed by atoms with Gasteiger partial charge in [0, 0.05) is 37.8 Å². The van der Waals surface area contributed by atoms with Gasteiger partial charge in [-0.2, -0.15) is 0 Å². The molecule has 12 nitrogen and oxygen atoms in total. The summed E-state index contributed by atoms with van der Waals surface area (Å²) in [5, 5.41) is 19.6. The van der Waals surface area contributed by atoms with Crippen LogP contribution in [0.1, 0.15) is 23.7 Å². The van der Waals surface area contributed by atoms with Crippen LogP contribution in [-0.2, 0) is 23.7 Å². The van der Waals surface area contributed by atoms with Crippen molar-refractivity contribution in [1.29, 1.82) is 0 Å². The summed E-state index contributed by atoms with van der Waals surface area (Å²) >= 11 is 0. The molecular formula is C19H29N3O9. The minimum absolute atomic E-state index is 0.00884. The number of hydroxylamine groups is 1. The lowest BCUT2D eigenvalue weighted by atomic mass is 10.00. The van der Waals surface area contributed by atoms with Crippen molar-refractivity contribution < 1.29 is 38.7 Å². The zero-order valence-electron chi connectivity index (χ0n) is 17.8. The topological polar surface area (TPSA) is 150 Å². The second-order valence-corrected chi connectivity index (χ2v) is 6.70. The molecule has 0 heterocycles. The third kappa shape index (κ3) is 9.36. The number of rotatable bonds is 15. The van der Waals surface area contributed by atoms with Crippen molar-refractivity contribution in [1.82, 2.24) is 10.4 Å². The number of carbonyl (C=O) groups excluding carboxylic acids is 2. The minimum atomic E-state index is -0.607. The van der Waals surface area contributed by atoms with Crippen LogP contribution in [0.3, 0.4) is 0 Å². The molecule has 0 bridgehead atoms. The molecule has 2 amide bonds. The van der Waals surface area contributed by atoms with E-state index in [1.54, 1.807) is 19.5 Å². The fourth-order valence-corrected chi connectivity index (χ4v) is 2.60. The maximum atomic E-state index is 12.8. The molecule has 2 N–H and O–H groups in total. The molecule has 0 spiro atoms. The Kier molecular flexibility index (Phi) is 12.2. The molecule has 0 radical (unpaired) electrons. The maximum Gasteiger partial charge on any atom is 0.269 e. The van der Waals surface area contributed by atoms with E-state index in [0.717, 1.165) is 0 Å². The average molecular weight is 443 g/mol. The van der Waals surface area contributed by atoms with Gasteiger partial charge in [-0.3, -0.25) is 24.9 Å². The van der Waals surface area contributed by atoms with Gasteiger partial charge >= 0.3 is 0 Å². The number of nitro groups is 1. The van der Waals surface area contributed by atoms with E-state index >= 15 is 0 Å². The Hall–Kier alpha value is -2.64. The third-order valence-corrected chi connectivity index (χ3v) is 4.45. The Labute approximate surface area is 180 Å². The van der Waals surface area contributed by atoms with E-state index in [9.17, 15) is 19.7 Å². The molecule has 1 aromatic rings. The number of carbonyl (C=O) groups is 2. The lowest BCUT2D eigenvalue weighted by Gasteiger charge is -2.30. The number of likely N-dealkylation sites (N-methyl/N-ethyl adjacent to an activating group) is 1. The summed E-state index contributed by atoms with van der Waals surface area (Å²) < 4.78 is 20.6. The second-order valence-electron chi connectivity index (χ2n) is 6.70. The SMILES string of the molecule is COCCOCOCOCC(CC(C)C(=O)NO)N(C)C(=O)c1ccc([N+](=O)[O-])cc1. The van der Waals surface area contributed by atoms with Crippen LogP contribution in [0.15, 0.2) is 24.3 Å². The minimum Gasteiger partial charge on any atom is -0.382 e. The summed E-state index contributed by atoms with van der Waals surface area (Å²) in [5.74, 6) is -1.60. The Morgan fingerprint density at radius 2 is 1.81 bits per heavy atom. The molecule has 2 atom stereocenters. The first kappa shape index (κ1) is 26.4. The molecule has 174 valence electrons. The van der Waals surface area contributed by atoms with Crippen LogP contribution >= 0.6 is 0 Å². The molecule has 0 aliphatic carbocycles. The van der Waals surface area contributed by atoms with Crippen molar-refractivity contribution in [3.8, 4) is 0 Å². The summed E-state index contributed by atoms with van der Waals surface area (Å²) in [5.41, 5.74) is 1.71. The molecule has 0 aliphatic heterocycles. The summed E-state index contributed by atoms with van der Waals surface area (Å²) in [7, 11) is 3.09. The fourth-order valence-electron chi connectivity index (χ4n) is 2.60. The van der Waals surface area contributed by atoms with E-state index < -0.39 is 28.7 Å². The first-order valence-corrected chi connectivity index (χ1v) is 9.49. The predicted molar refractivity (Wildman–Crippen MR) is 107 cm³/mol. The summed E-state index contributed by atoms with van der Waals surface area (Å²) in [6.45, 7) is 2.38. The van der Waals surface area contributed by atoms with E-state index in [2.05, 4.69) is 0 Å². The van der Waals surface area contributed by atoms with Gasteiger partial charge < -0.3 is 23.8 Å². The average Bonchev–Trinajstić information content (AvgIpc) is 2.78. The second kappa shape index (κ2) is 14.4. The highest BCUT2D eigenvalue weighted by molar-refractivity contribution is 5.94. The van der Waals surface area contributed by atoms with Crippen molar-refractivity contribution in [2.75, 3.05) is 47.6 Å². The van der Waals surface area contributed by atoms with Crippen molar-refractivity contribution in [2.24, 2.45) is 5.92 Å². The lowest BCUT2D eigenvalue weighted by molar-refractivity contribution is -0.384. The molecule has 0 saturated heterocycles. The van der Waals surface area contributed by atoms with Crippen LogP contribution in [0.25, 0.3) is 0 Å². The van der Waals surface area contributed by atoms with Crippen molar-refractivity contribution in [3.05, 3.63) is 39.9 Å². The maximum absolute atomic E-state index is 12.8. The number of nitro benzene ring substituents is 1. The van der Waals surface area contributed by atoms with Gasteiger partial charge in [-0.05, 0) is 18.6 Å². The summed E-state index contributed by atoms with van der Waals surface area (Å²) in [6.07, 6.45) is 0.200. The number of nitrogens with zero attached hydrogens (tertiary/aromatic N) is 2. The molecule has 31 heavy (non-hydrogen) atoms. The quantitative estimate of drug-likeness (QED) is 0.134. The number of hydrogen-bond acceptors (Lipinski definition) is 9. The third-order valence-electron chi connectivity index (χ3n) is 4.45. The van der Waals surface area contributed by atoms with Gasteiger partial charge in [0.1, 0.15) is 13.6 Å². The molecule has 1 aromatic carbocycles. The van der Waals surface area contributed by atoms with Gasteiger partial charge in [-0.15, -0.1) is 0 Å². The number of non-ortho nitro benzene ring substituents is 1. The van der Waals surface area contributed by atoms with Gasteiger partial charge in [0.2, 0.25) is 5.91 Å². The molecule has 0 fully saturated rings. The number of hydrogen-bond donors (Lipinski definition) is 2. The molecule has 0 saturated carbocycles. The van der Waals surface area contributed by atoms with Crippen molar-refractivity contribution in [3.63, 3.8) is 0 Å². The lowest BCUT2D eigenvalue weighted by Crippen LogP contribution is -2.43. The van der Waals surface area contributed by atoms with E-state index in [-0.39, 0.29) is 37.9 Å². The molecule has 1 rings (SSSR count). The van der Waals surface area contributed by atoms with E-state index in [4.69, 9.17) is 24.2 Å². The molecule has 12 heteroatoms. The largest absolute Gasteiger partial charge is 0.382 e.